The third-order valence-electron chi connectivity index (χ3n) is 4.13. The molecule has 1 aliphatic carbocycles. The number of hydrogen-bond acceptors (Lipinski definition) is 3. The zero-order valence-corrected chi connectivity index (χ0v) is 11.9. The molecule has 0 saturated heterocycles. The lowest BCUT2D eigenvalue weighted by Gasteiger charge is -2.15. The number of hydrogen-bond donors (Lipinski definition) is 2. The summed E-state index contributed by atoms with van der Waals surface area (Å²) in [5, 5.41) is 10.4. The highest BCUT2D eigenvalue weighted by Crippen LogP contribution is 2.37. The fourth-order valence-corrected chi connectivity index (χ4v) is 2.70. The van der Waals surface area contributed by atoms with Crippen LogP contribution >= 0.6 is 0 Å². The monoisotopic (exact) mass is 286 g/mol. The van der Waals surface area contributed by atoms with E-state index in [2.05, 4.69) is 11.9 Å². The van der Waals surface area contributed by atoms with Crippen LogP contribution in [0.2, 0.25) is 0 Å². The summed E-state index contributed by atoms with van der Waals surface area (Å²) in [5.41, 5.74) is -0.356. The molecule has 1 saturated carbocycles. The average Bonchev–Trinajstić information content (AvgIpc) is 3.29. The molecule has 21 heavy (non-hydrogen) atoms. The maximum absolute atomic E-state index is 12.0. The maximum Gasteiger partial charge on any atom is 0.331 e. The van der Waals surface area contributed by atoms with Crippen LogP contribution in [0.25, 0.3) is 11.1 Å². The summed E-state index contributed by atoms with van der Waals surface area (Å²) in [6, 6.07) is 8.89. The van der Waals surface area contributed by atoms with Crippen molar-refractivity contribution in [1.29, 1.82) is 0 Å². The van der Waals surface area contributed by atoms with Crippen molar-refractivity contribution in [3.63, 3.8) is 0 Å². The molecule has 0 radical (unpaired) electrons. The summed E-state index contributed by atoms with van der Waals surface area (Å²) in [5.74, 6) is 0.675. The Morgan fingerprint density at radius 3 is 2.57 bits per heavy atom. The molecule has 0 aliphatic heterocycles. The van der Waals surface area contributed by atoms with Crippen LogP contribution in [0.15, 0.2) is 39.9 Å². The average molecular weight is 286 g/mol. The molecule has 2 aromatic rings. The molecular formula is C16H18N2O3. The zero-order valence-electron chi connectivity index (χ0n) is 11.9. The van der Waals surface area contributed by atoms with Gasteiger partial charge < -0.3 is 5.11 Å². The van der Waals surface area contributed by atoms with E-state index < -0.39 is 11.2 Å². The van der Waals surface area contributed by atoms with Crippen molar-refractivity contribution in [3.8, 4) is 17.0 Å². The van der Waals surface area contributed by atoms with Gasteiger partial charge in [0.2, 0.25) is 5.88 Å². The van der Waals surface area contributed by atoms with Crippen molar-refractivity contribution in [2.24, 2.45) is 11.8 Å². The van der Waals surface area contributed by atoms with E-state index in [1.165, 1.54) is 17.4 Å². The third kappa shape index (κ3) is 2.63. The van der Waals surface area contributed by atoms with E-state index in [4.69, 9.17) is 0 Å². The number of H-pyrrole nitrogens is 1. The molecule has 2 N–H and O–H groups in total. The van der Waals surface area contributed by atoms with Gasteiger partial charge in [-0.25, -0.2) is 4.79 Å². The fraction of sp³-hybridized carbons (Fsp3) is 0.375. The number of aromatic nitrogens is 2. The molecule has 0 amide bonds. The van der Waals surface area contributed by atoms with E-state index in [-0.39, 0.29) is 11.4 Å². The number of rotatable bonds is 4. The summed E-state index contributed by atoms with van der Waals surface area (Å²) in [6.45, 7) is 2.49. The van der Waals surface area contributed by atoms with Crippen LogP contribution in [0.5, 0.6) is 5.88 Å². The van der Waals surface area contributed by atoms with Gasteiger partial charge in [0.15, 0.2) is 0 Å². The summed E-state index contributed by atoms with van der Waals surface area (Å²) in [6.07, 6.45) is 2.34. The molecule has 5 heteroatoms. The zero-order chi connectivity index (χ0) is 15.0. The first-order valence-corrected chi connectivity index (χ1v) is 7.19. The molecule has 1 heterocycles. The molecule has 3 rings (SSSR count). The summed E-state index contributed by atoms with van der Waals surface area (Å²) >= 11 is 0. The standard InChI is InChI=1S/C16H18N2O3/c1-10(11-7-8-11)9-18-15(20)13(14(19)17-16(18)21)12-5-3-2-4-6-12/h2-6,10-11,20H,7-9H2,1H3,(H,17,19,21). The minimum Gasteiger partial charge on any atom is -0.494 e. The number of benzene rings is 1. The molecule has 5 nitrogen and oxygen atoms in total. The van der Waals surface area contributed by atoms with Gasteiger partial charge in [0.1, 0.15) is 5.56 Å². The number of nitrogens with one attached hydrogen (secondary N) is 1. The van der Waals surface area contributed by atoms with Crippen molar-refractivity contribution in [2.75, 3.05) is 0 Å². The van der Waals surface area contributed by atoms with Crippen LogP contribution in [0.4, 0.5) is 0 Å². The van der Waals surface area contributed by atoms with Crippen LogP contribution in [0, 0.1) is 11.8 Å². The summed E-state index contributed by atoms with van der Waals surface area (Å²) < 4.78 is 1.27. The molecule has 1 aromatic carbocycles. The molecule has 0 spiro atoms. The highest BCUT2D eigenvalue weighted by Gasteiger charge is 2.29. The smallest absolute Gasteiger partial charge is 0.331 e. The minimum atomic E-state index is -0.556. The third-order valence-corrected chi connectivity index (χ3v) is 4.13. The van der Waals surface area contributed by atoms with Gasteiger partial charge in [-0.2, -0.15) is 0 Å². The molecule has 1 unspecified atom stereocenters. The van der Waals surface area contributed by atoms with Gasteiger partial charge in [-0.15, -0.1) is 0 Å². The Bertz CT molecular complexity index is 757. The molecule has 1 aromatic heterocycles. The Balaban J connectivity index is 2.09. The van der Waals surface area contributed by atoms with Crippen molar-refractivity contribution < 1.29 is 5.11 Å². The van der Waals surface area contributed by atoms with Crippen LogP contribution in [-0.4, -0.2) is 14.7 Å². The molecule has 1 aliphatic rings. The molecule has 110 valence electrons. The Morgan fingerprint density at radius 2 is 1.95 bits per heavy atom. The van der Waals surface area contributed by atoms with Crippen LogP contribution < -0.4 is 11.2 Å². The number of nitrogens with zero attached hydrogens (tertiary/aromatic N) is 1. The lowest BCUT2D eigenvalue weighted by atomic mass is 10.1. The second kappa shape index (κ2) is 5.24. The van der Waals surface area contributed by atoms with Gasteiger partial charge in [0.05, 0.1) is 0 Å². The van der Waals surface area contributed by atoms with Crippen molar-refractivity contribution in [2.45, 2.75) is 26.3 Å². The van der Waals surface area contributed by atoms with E-state index in [1.807, 2.05) is 6.07 Å². The lowest BCUT2D eigenvalue weighted by Crippen LogP contribution is -2.32. The molecular weight excluding hydrogens is 268 g/mol. The summed E-state index contributed by atoms with van der Waals surface area (Å²) in [7, 11) is 0. The van der Waals surface area contributed by atoms with Gasteiger partial charge in [-0.1, -0.05) is 37.3 Å². The SMILES string of the molecule is CC(Cn1c(O)c(-c2ccccc2)c(=O)[nH]c1=O)C1CC1. The highest BCUT2D eigenvalue weighted by atomic mass is 16.3. The largest absolute Gasteiger partial charge is 0.494 e. The van der Waals surface area contributed by atoms with E-state index in [0.29, 0.717) is 23.9 Å². The second-order valence-electron chi connectivity index (χ2n) is 5.75. The predicted molar refractivity (Wildman–Crippen MR) is 80.3 cm³/mol. The first kappa shape index (κ1) is 13.7. The highest BCUT2D eigenvalue weighted by molar-refractivity contribution is 5.67. The predicted octanol–water partition coefficient (Wildman–Crippen LogP) is 1.96. The van der Waals surface area contributed by atoms with Gasteiger partial charge in [0, 0.05) is 6.54 Å². The van der Waals surface area contributed by atoms with Crippen molar-refractivity contribution in [3.05, 3.63) is 51.2 Å². The number of aromatic amines is 1. The van der Waals surface area contributed by atoms with Crippen LogP contribution in [0.3, 0.4) is 0 Å². The first-order chi connectivity index (χ1) is 10.1. The lowest BCUT2D eigenvalue weighted by molar-refractivity contribution is 0.353. The molecule has 1 atom stereocenters. The van der Waals surface area contributed by atoms with E-state index in [9.17, 15) is 14.7 Å². The van der Waals surface area contributed by atoms with E-state index >= 15 is 0 Å². The maximum atomic E-state index is 12.0. The van der Waals surface area contributed by atoms with Crippen LogP contribution in [-0.2, 0) is 6.54 Å². The Morgan fingerprint density at radius 1 is 1.29 bits per heavy atom. The quantitative estimate of drug-likeness (QED) is 0.902. The van der Waals surface area contributed by atoms with Gasteiger partial charge in [0.25, 0.3) is 5.56 Å². The van der Waals surface area contributed by atoms with E-state index in [1.54, 1.807) is 24.3 Å². The van der Waals surface area contributed by atoms with Gasteiger partial charge in [-0.3, -0.25) is 14.3 Å². The van der Waals surface area contributed by atoms with Crippen molar-refractivity contribution in [1.82, 2.24) is 9.55 Å². The Hall–Kier alpha value is -2.30. The topological polar surface area (TPSA) is 75.1 Å². The summed E-state index contributed by atoms with van der Waals surface area (Å²) in [4.78, 5) is 26.3. The Kier molecular flexibility index (Phi) is 3.41. The second-order valence-corrected chi connectivity index (χ2v) is 5.75. The fourth-order valence-electron chi connectivity index (χ4n) is 2.70. The minimum absolute atomic E-state index is 0.151. The van der Waals surface area contributed by atoms with Crippen LogP contribution in [0.1, 0.15) is 19.8 Å². The first-order valence-electron chi connectivity index (χ1n) is 7.19. The van der Waals surface area contributed by atoms with E-state index in [0.717, 1.165) is 0 Å². The normalized spacial score (nSPS) is 15.9. The van der Waals surface area contributed by atoms with Gasteiger partial charge >= 0.3 is 5.69 Å². The molecule has 1 fully saturated rings. The van der Waals surface area contributed by atoms with Gasteiger partial charge in [-0.05, 0) is 30.2 Å². The van der Waals surface area contributed by atoms with Crippen molar-refractivity contribution >= 4 is 0 Å². The molecule has 0 bridgehead atoms. The Labute approximate surface area is 121 Å². The number of aromatic hydroxyl groups is 1.